The molecule has 1 saturated carbocycles. The Morgan fingerprint density at radius 1 is 1.06 bits per heavy atom. The van der Waals surface area contributed by atoms with Crippen LogP contribution in [0.3, 0.4) is 0 Å². The maximum absolute atomic E-state index is 12.3. The first-order chi connectivity index (χ1) is 7.84. The maximum atomic E-state index is 12.3. The van der Waals surface area contributed by atoms with Crippen LogP contribution in [-0.2, 0) is 0 Å². The van der Waals surface area contributed by atoms with Gasteiger partial charge in [0.1, 0.15) is 0 Å². The van der Waals surface area contributed by atoms with E-state index in [1.54, 1.807) is 0 Å². The average molecular weight is 215 g/mol. The smallest absolute Gasteiger partial charge is 0.254 e. The van der Waals surface area contributed by atoms with Gasteiger partial charge in [0, 0.05) is 18.2 Å². The van der Waals surface area contributed by atoms with Gasteiger partial charge in [0.05, 0.1) is 0 Å². The third kappa shape index (κ3) is 1.62. The van der Waals surface area contributed by atoms with Crippen LogP contribution in [0.15, 0.2) is 30.3 Å². The summed E-state index contributed by atoms with van der Waals surface area (Å²) in [5.74, 6) is 0.993. The molecule has 3 aliphatic rings. The summed E-state index contributed by atoms with van der Waals surface area (Å²) < 4.78 is 0. The minimum atomic E-state index is 0.231. The van der Waals surface area contributed by atoms with Gasteiger partial charge < -0.3 is 4.90 Å². The standard InChI is InChI=1S/C14H17NO/c16-14(12-4-2-1-3-5-12)15-10-11-6-8-13(15)9-7-11/h1-5,11,13H,6-10H2. The topological polar surface area (TPSA) is 20.3 Å². The van der Waals surface area contributed by atoms with Crippen LogP contribution < -0.4 is 0 Å². The number of rotatable bonds is 1. The molecule has 1 aromatic rings. The lowest BCUT2D eigenvalue weighted by atomic mass is 9.79. The van der Waals surface area contributed by atoms with E-state index in [1.165, 1.54) is 25.7 Å². The SMILES string of the molecule is O=C(c1ccccc1)N1CC2CCC1CC2. The van der Waals surface area contributed by atoms with Gasteiger partial charge in [-0.05, 0) is 43.7 Å². The first kappa shape index (κ1) is 9.88. The molecule has 2 heterocycles. The van der Waals surface area contributed by atoms with E-state index >= 15 is 0 Å². The van der Waals surface area contributed by atoms with Crippen LogP contribution in [0.1, 0.15) is 36.0 Å². The highest BCUT2D eigenvalue weighted by atomic mass is 16.2. The zero-order valence-electron chi connectivity index (χ0n) is 9.43. The lowest BCUT2D eigenvalue weighted by molar-refractivity contribution is 0.0333. The molecule has 0 N–H and O–H groups in total. The molecule has 2 bridgehead atoms. The van der Waals surface area contributed by atoms with Crippen molar-refractivity contribution in [2.45, 2.75) is 31.7 Å². The molecule has 2 heteroatoms. The van der Waals surface area contributed by atoms with Crippen molar-refractivity contribution in [3.63, 3.8) is 0 Å². The van der Waals surface area contributed by atoms with Crippen LogP contribution >= 0.6 is 0 Å². The molecule has 0 aromatic heterocycles. The van der Waals surface area contributed by atoms with E-state index in [9.17, 15) is 4.79 Å². The molecule has 16 heavy (non-hydrogen) atoms. The van der Waals surface area contributed by atoms with Gasteiger partial charge in [-0.25, -0.2) is 0 Å². The highest BCUT2D eigenvalue weighted by molar-refractivity contribution is 5.94. The zero-order valence-corrected chi connectivity index (χ0v) is 9.43. The van der Waals surface area contributed by atoms with Crippen LogP contribution in [0, 0.1) is 5.92 Å². The molecule has 1 aromatic carbocycles. The van der Waals surface area contributed by atoms with Gasteiger partial charge in [0.15, 0.2) is 0 Å². The van der Waals surface area contributed by atoms with E-state index in [2.05, 4.69) is 4.90 Å². The van der Waals surface area contributed by atoms with Crippen LogP contribution in [0.2, 0.25) is 0 Å². The number of hydrogen-bond donors (Lipinski definition) is 0. The molecule has 1 aliphatic carbocycles. The maximum Gasteiger partial charge on any atom is 0.254 e. The second-order valence-corrected chi connectivity index (χ2v) is 5.00. The van der Waals surface area contributed by atoms with Gasteiger partial charge in [-0.2, -0.15) is 0 Å². The number of amides is 1. The summed E-state index contributed by atoms with van der Waals surface area (Å²) in [5.41, 5.74) is 0.843. The Labute approximate surface area is 96.3 Å². The molecule has 2 aliphatic heterocycles. The zero-order chi connectivity index (χ0) is 11.0. The Balaban J connectivity index is 1.81. The Kier molecular flexibility index (Phi) is 2.43. The fourth-order valence-electron chi connectivity index (χ4n) is 3.06. The van der Waals surface area contributed by atoms with Gasteiger partial charge in [-0.3, -0.25) is 4.79 Å². The van der Waals surface area contributed by atoms with Crippen molar-refractivity contribution < 1.29 is 4.79 Å². The monoisotopic (exact) mass is 215 g/mol. The minimum Gasteiger partial charge on any atom is -0.335 e. The summed E-state index contributed by atoms with van der Waals surface area (Å²) in [6.07, 6.45) is 5.07. The van der Waals surface area contributed by atoms with Crippen molar-refractivity contribution in [3.05, 3.63) is 35.9 Å². The number of carbonyl (C=O) groups excluding carboxylic acids is 1. The van der Waals surface area contributed by atoms with E-state index in [0.29, 0.717) is 6.04 Å². The molecule has 0 radical (unpaired) electrons. The lowest BCUT2D eigenvalue weighted by Crippen LogP contribution is -2.50. The van der Waals surface area contributed by atoms with E-state index in [4.69, 9.17) is 0 Å². The molecule has 3 fully saturated rings. The molecule has 0 spiro atoms. The molecule has 4 rings (SSSR count). The van der Waals surface area contributed by atoms with Gasteiger partial charge in [0.2, 0.25) is 0 Å². The summed E-state index contributed by atoms with van der Waals surface area (Å²) in [6, 6.07) is 10.2. The van der Waals surface area contributed by atoms with Crippen LogP contribution in [0.5, 0.6) is 0 Å². The summed E-state index contributed by atoms with van der Waals surface area (Å²) in [6.45, 7) is 0.985. The summed E-state index contributed by atoms with van der Waals surface area (Å²) in [5, 5.41) is 0. The average Bonchev–Trinajstić information content (AvgIpc) is 2.40. The second-order valence-electron chi connectivity index (χ2n) is 5.00. The Morgan fingerprint density at radius 2 is 1.75 bits per heavy atom. The molecule has 2 saturated heterocycles. The molecular weight excluding hydrogens is 198 g/mol. The van der Waals surface area contributed by atoms with Gasteiger partial charge in [0.25, 0.3) is 5.91 Å². The number of nitrogens with zero attached hydrogens (tertiary/aromatic N) is 1. The lowest BCUT2D eigenvalue weighted by Gasteiger charge is -2.45. The highest BCUT2D eigenvalue weighted by Gasteiger charge is 2.36. The predicted molar refractivity (Wildman–Crippen MR) is 63.2 cm³/mol. The second kappa shape index (κ2) is 3.93. The number of carbonyl (C=O) groups is 1. The van der Waals surface area contributed by atoms with Crippen LogP contribution in [0.4, 0.5) is 0 Å². The van der Waals surface area contributed by atoms with E-state index < -0.39 is 0 Å². The van der Waals surface area contributed by atoms with Crippen molar-refractivity contribution >= 4 is 5.91 Å². The molecule has 84 valence electrons. The number of hydrogen-bond acceptors (Lipinski definition) is 1. The summed E-state index contributed by atoms with van der Waals surface area (Å²) in [4.78, 5) is 14.4. The Morgan fingerprint density at radius 3 is 2.31 bits per heavy atom. The van der Waals surface area contributed by atoms with Gasteiger partial charge in [-0.15, -0.1) is 0 Å². The normalized spacial score (nSPS) is 28.1. The minimum absolute atomic E-state index is 0.231. The number of piperidine rings is 2. The first-order valence-corrected chi connectivity index (χ1v) is 6.20. The third-order valence-electron chi connectivity index (χ3n) is 3.99. The third-order valence-corrected chi connectivity index (χ3v) is 3.99. The van der Waals surface area contributed by atoms with E-state index in [-0.39, 0.29) is 5.91 Å². The van der Waals surface area contributed by atoms with Crippen LogP contribution in [0.25, 0.3) is 0 Å². The molecule has 0 atom stereocenters. The van der Waals surface area contributed by atoms with E-state index in [0.717, 1.165) is 18.0 Å². The summed E-state index contributed by atoms with van der Waals surface area (Å²) in [7, 11) is 0. The highest BCUT2D eigenvalue weighted by Crippen LogP contribution is 2.35. The fraction of sp³-hybridized carbons (Fsp3) is 0.500. The van der Waals surface area contributed by atoms with Crippen molar-refractivity contribution in [2.75, 3.05) is 6.54 Å². The van der Waals surface area contributed by atoms with Crippen molar-refractivity contribution in [1.29, 1.82) is 0 Å². The first-order valence-electron chi connectivity index (χ1n) is 6.20. The fourth-order valence-corrected chi connectivity index (χ4v) is 3.06. The summed E-state index contributed by atoms with van der Waals surface area (Å²) >= 11 is 0. The molecule has 1 amide bonds. The van der Waals surface area contributed by atoms with Crippen molar-refractivity contribution in [1.82, 2.24) is 4.90 Å². The quantitative estimate of drug-likeness (QED) is 0.705. The van der Waals surface area contributed by atoms with E-state index in [1.807, 2.05) is 30.3 Å². The number of fused-ring (bicyclic) bond motifs is 3. The van der Waals surface area contributed by atoms with Gasteiger partial charge >= 0.3 is 0 Å². The molecule has 2 nitrogen and oxygen atoms in total. The van der Waals surface area contributed by atoms with Gasteiger partial charge in [-0.1, -0.05) is 18.2 Å². The van der Waals surface area contributed by atoms with Crippen LogP contribution in [-0.4, -0.2) is 23.4 Å². The number of benzene rings is 1. The molecular formula is C14H17NO. The van der Waals surface area contributed by atoms with Crippen molar-refractivity contribution in [2.24, 2.45) is 5.92 Å². The van der Waals surface area contributed by atoms with Crippen molar-refractivity contribution in [3.8, 4) is 0 Å². The molecule has 0 unspecified atom stereocenters. The predicted octanol–water partition coefficient (Wildman–Crippen LogP) is 2.70. The Hall–Kier alpha value is -1.31. The largest absolute Gasteiger partial charge is 0.335 e. The Bertz CT molecular complexity index is 379.